The van der Waals surface area contributed by atoms with Gasteiger partial charge in [-0.05, 0) is 19.1 Å². The maximum Gasteiger partial charge on any atom is 0.418 e. The van der Waals surface area contributed by atoms with Gasteiger partial charge in [0.25, 0.3) is 0 Å². The molecule has 1 aliphatic rings. The first kappa shape index (κ1) is 23.2. The molecule has 2 rings (SSSR count). The molecule has 0 amide bonds. The van der Waals surface area contributed by atoms with Gasteiger partial charge in [0, 0.05) is 12.2 Å². The lowest BCUT2D eigenvalue weighted by Gasteiger charge is -2.09. The summed E-state index contributed by atoms with van der Waals surface area (Å²) in [7, 11) is 0. The Morgan fingerprint density at radius 1 is 0.955 bits per heavy atom. The molecular formula is C17H31F3N2. The SMILES string of the molecule is C1CCCC1.CC.CC.Cc1nc(CN)ccc1C(F)(F)F. The molecular weight excluding hydrogens is 289 g/mol. The number of aryl methyl sites for hydroxylation is 1. The molecule has 1 aromatic rings. The van der Waals surface area contributed by atoms with Gasteiger partial charge in [-0.2, -0.15) is 13.2 Å². The molecule has 2 nitrogen and oxygen atoms in total. The number of nitrogens with two attached hydrogens (primary N) is 1. The van der Waals surface area contributed by atoms with Crippen molar-refractivity contribution < 1.29 is 13.2 Å². The molecule has 0 aliphatic heterocycles. The number of hydrogen-bond donors (Lipinski definition) is 1. The van der Waals surface area contributed by atoms with Gasteiger partial charge in [-0.15, -0.1) is 0 Å². The van der Waals surface area contributed by atoms with Crippen molar-refractivity contribution >= 4 is 0 Å². The van der Waals surface area contributed by atoms with Crippen molar-refractivity contribution in [2.45, 2.75) is 79.4 Å². The van der Waals surface area contributed by atoms with Crippen LogP contribution in [0.5, 0.6) is 0 Å². The van der Waals surface area contributed by atoms with Crippen LogP contribution in [0.1, 0.15) is 76.8 Å². The number of rotatable bonds is 1. The van der Waals surface area contributed by atoms with Crippen LogP contribution in [0.3, 0.4) is 0 Å². The number of alkyl halides is 3. The van der Waals surface area contributed by atoms with E-state index < -0.39 is 11.7 Å². The van der Waals surface area contributed by atoms with E-state index >= 15 is 0 Å². The molecule has 0 spiro atoms. The van der Waals surface area contributed by atoms with Gasteiger partial charge in [-0.3, -0.25) is 4.98 Å². The lowest BCUT2D eigenvalue weighted by molar-refractivity contribution is -0.138. The molecule has 130 valence electrons. The normalized spacial score (nSPS) is 13.0. The van der Waals surface area contributed by atoms with E-state index in [1.165, 1.54) is 45.1 Å². The molecule has 1 aromatic heterocycles. The van der Waals surface area contributed by atoms with Crippen molar-refractivity contribution in [3.05, 3.63) is 29.1 Å². The second-order valence-corrected chi connectivity index (χ2v) is 4.41. The Bertz CT molecular complexity index is 365. The number of nitrogens with zero attached hydrogens (tertiary/aromatic N) is 1. The van der Waals surface area contributed by atoms with Crippen LogP contribution in [-0.2, 0) is 12.7 Å². The van der Waals surface area contributed by atoms with E-state index in [0.29, 0.717) is 5.69 Å². The lowest BCUT2D eigenvalue weighted by atomic mass is 10.2. The average Bonchev–Trinajstić information content (AvgIpc) is 3.09. The van der Waals surface area contributed by atoms with Gasteiger partial charge in [0.1, 0.15) is 0 Å². The molecule has 0 unspecified atom stereocenters. The number of aromatic nitrogens is 1. The van der Waals surface area contributed by atoms with E-state index in [0.717, 1.165) is 6.07 Å². The molecule has 0 saturated heterocycles. The molecule has 1 saturated carbocycles. The van der Waals surface area contributed by atoms with E-state index in [1.807, 2.05) is 27.7 Å². The smallest absolute Gasteiger partial charge is 0.325 e. The van der Waals surface area contributed by atoms with E-state index in [2.05, 4.69) is 4.98 Å². The quantitative estimate of drug-likeness (QED) is 0.702. The van der Waals surface area contributed by atoms with Gasteiger partial charge in [-0.1, -0.05) is 59.8 Å². The second-order valence-electron chi connectivity index (χ2n) is 4.41. The van der Waals surface area contributed by atoms with Crippen molar-refractivity contribution in [2.75, 3.05) is 0 Å². The topological polar surface area (TPSA) is 38.9 Å². The highest BCUT2D eigenvalue weighted by atomic mass is 19.4. The van der Waals surface area contributed by atoms with Crippen molar-refractivity contribution in [1.29, 1.82) is 0 Å². The summed E-state index contributed by atoms with van der Waals surface area (Å²) in [5.74, 6) is 0. The Morgan fingerprint density at radius 2 is 1.36 bits per heavy atom. The highest BCUT2D eigenvalue weighted by Gasteiger charge is 2.32. The standard InChI is InChI=1S/C8H9F3N2.C5H10.2C2H6/c1-5-7(8(9,10)11)3-2-6(4-12)13-5;1-2-4-5-3-1;2*1-2/h2-3H,4,12H2,1H3;1-5H2;2*1-2H3. The third-order valence-corrected chi connectivity index (χ3v) is 2.91. The maximum atomic E-state index is 12.2. The summed E-state index contributed by atoms with van der Waals surface area (Å²) in [4.78, 5) is 3.71. The molecule has 1 heterocycles. The first-order valence-electron chi connectivity index (χ1n) is 8.19. The molecule has 0 aromatic carbocycles. The van der Waals surface area contributed by atoms with Crippen LogP contribution in [0.15, 0.2) is 12.1 Å². The molecule has 0 radical (unpaired) electrons. The van der Waals surface area contributed by atoms with Crippen molar-refractivity contribution in [2.24, 2.45) is 5.73 Å². The summed E-state index contributed by atoms with van der Waals surface area (Å²) in [5.41, 5.74) is 4.96. The van der Waals surface area contributed by atoms with Crippen LogP contribution < -0.4 is 5.73 Å². The van der Waals surface area contributed by atoms with Crippen LogP contribution in [0.25, 0.3) is 0 Å². The summed E-state index contributed by atoms with van der Waals surface area (Å²) in [6.45, 7) is 9.47. The minimum Gasteiger partial charge on any atom is -0.325 e. The predicted molar refractivity (Wildman–Crippen MR) is 87.6 cm³/mol. The van der Waals surface area contributed by atoms with Gasteiger partial charge >= 0.3 is 6.18 Å². The van der Waals surface area contributed by atoms with E-state index in [9.17, 15) is 13.2 Å². The van der Waals surface area contributed by atoms with Crippen molar-refractivity contribution in [1.82, 2.24) is 4.98 Å². The van der Waals surface area contributed by atoms with Gasteiger partial charge in [0.15, 0.2) is 0 Å². The first-order valence-corrected chi connectivity index (χ1v) is 8.19. The van der Waals surface area contributed by atoms with Crippen molar-refractivity contribution in [3.63, 3.8) is 0 Å². The molecule has 22 heavy (non-hydrogen) atoms. The summed E-state index contributed by atoms with van der Waals surface area (Å²) in [6.07, 6.45) is 3.17. The first-order chi connectivity index (χ1) is 10.4. The van der Waals surface area contributed by atoms with Crippen LogP contribution in [-0.4, -0.2) is 4.98 Å². The van der Waals surface area contributed by atoms with Crippen molar-refractivity contribution in [3.8, 4) is 0 Å². The summed E-state index contributed by atoms with van der Waals surface area (Å²) in [6, 6.07) is 2.29. The zero-order valence-corrected chi connectivity index (χ0v) is 14.6. The van der Waals surface area contributed by atoms with Crippen LogP contribution in [0.2, 0.25) is 0 Å². The van der Waals surface area contributed by atoms with Crippen LogP contribution in [0, 0.1) is 6.92 Å². The van der Waals surface area contributed by atoms with E-state index in [4.69, 9.17) is 5.73 Å². The molecule has 1 aliphatic carbocycles. The summed E-state index contributed by atoms with van der Waals surface area (Å²) < 4.78 is 36.6. The Balaban J connectivity index is 0. The second kappa shape index (κ2) is 13.6. The third kappa shape index (κ3) is 9.77. The van der Waals surface area contributed by atoms with Gasteiger partial charge in [0.2, 0.25) is 0 Å². The van der Waals surface area contributed by atoms with E-state index in [-0.39, 0.29) is 12.2 Å². The highest BCUT2D eigenvalue weighted by Crippen LogP contribution is 2.30. The minimum atomic E-state index is -4.33. The maximum absolute atomic E-state index is 12.2. The minimum absolute atomic E-state index is 0.0320. The van der Waals surface area contributed by atoms with Crippen LogP contribution >= 0.6 is 0 Å². The van der Waals surface area contributed by atoms with E-state index in [1.54, 1.807) is 0 Å². The Kier molecular flexibility index (Phi) is 14.3. The zero-order valence-electron chi connectivity index (χ0n) is 14.6. The molecule has 0 bridgehead atoms. The fourth-order valence-corrected chi connectivity index (χ4v) is 1.91. The summed E-state index contributed by atoms with van der Waals surface area (Å²) >= 11 is 0. The largest absolute Gasteiger partial charge is 0.418 e. The average molecular weight is 320 g/mol. The Labute approximate surface area is 133 Å². The Hall–Kier alpha value is -1.10. The van der Waals surface area contributed by atoms with Gasteiger partial charge < -0.3 is 5.73 Å². The Morgan fingerprint density at radius 3 is 1.64 bits per heavy atom. The number of pyridine rings is 1. The highest BCUT2D eigenvalue weighted by molar-refractivity contribution is 5.24. The molecule has 5 heteroatoms. The molecule has 0 atom stereocenters. The van der Waals surface area contributed by atoms with Gasteiger partial charge in [-0.25, -0.2) is 0 Å². The lowest BCUT2D eigenvalue weighted by Crippen LogP contribution is -2.10. The zero-order chi connectivity index (χ0) is 17.6. The predicted octanol–water partition coefficient (Wildman–Crippen LogP) is 5.87. The fourth-order valence-electron chi connectivity index (χ4n) is 1.91. The summed E-state index contributed by atoms with van der Waals surface area (Å²) in [5, 5.41) is 0. The number of hydrogen-bond acceptors (Lipinski definition) is 2. The fraction of sp³-hybridized carbons (Fsp3) is 0.706. The van der Waals surface area contributed by atoms with Gasteiger partial charge in [0.05, 0.1) is 11.3 Å². The molecule has 2 N–H and O–H groups in total. The number of halogens is 3. The third-order valence-electron chi connectivity index (χ3n) is 2.91. The monoisotopic (exact) mass is 320 g/mol. The molecule has 1 fully saturated rings. The van der Waals surface area contributed by atoms with Crippen LogP contribution in [0.4, 0.5) is 13.2 Å².